The number of thioether (sulfide) groups is 1. The van der Waals surface area contributed by atoms with Gasteiger partial charge in [-0.1, -0.05) is 0 Å². The minimum atomic E-state index is -0.976. The van der Waals surface area contributed by atoms with Crippen LogP contribution in [0.2, 0.25) is 0 Å². The summed E-state index contributed by atoms with van der Waals surface area (Å²) in [6, 6.07) is 3.29. The Morgan fingerprint density at radius 1 is 1.33 bits per heavy atom. The van der Waals surface area contributed by atoms with E-state index in [1.807, 2.05) is 13.2 Å². The van der Waals surface area contributed by atoms with Gasteiger partial charge in [-0.2, -0.15) is 11.8 Å². The van der Waals surface area contributed by atoms with Gasteiger partial charge in [0, 0.05) is 17.9 Å². The van der Waals surface area contributed by atoms with Crippen molar-refractivity contribution < 1.29 is 14.7 Å². The Labute approximate surface area is 111 Å². The van der Waals surface area contributed by atoms with Crippen molar-refractivity contribution in [3.8, 4) is 0 Å². The first kappa shape index (κ1) is 14.6. The highest BCUT2D eigenvalue weighted by atomic mass is 32.2. The van der Waals surface area contributed by atoms with Crippen LogP contribution in [0.3, 0.4) is 0 Å². The molecule has 0 bridgehead atoms. The largest absolute Gasteiger partial charge is 0.478 e. The molecule has 0 saturated carbocycles. The number of aryl methyl sites for hydroxylation is 1. The molecule has 18 heavy (non-hydrogen) atoms. The second-order valence-corrected chi connectivity index (χ2v) is 5.05. The van der Waals surface area contributed by atoms with Gasteiger partial charge in [0.25, 0.3) is 0 Å². The molecule has 4 nitrogen and oxygen atoms in total. The van der Waals surface area contributed by atoms with Crippen LogP contribution in [-0.4, -0.2) is 29.0 Å². The van der Waals surface area contributed by atoms with Crippen LogP contribution in [0.1, 0.15) is 27.9 Å². The predicted molar refractivity (Wildman–Crippen MR) is 74.5 cm³/mol. The molecule has 0 aromatic heterocycles. The molecule has 0 radical (unpaired) electrons. The number of carbonyl (C=O) groups is 2. The zero-order valence-electron chi connectivity index (χ0n) is 10.7. The Morgan fingerprint density at radius 3 is 2.56 bits per heavy atom. The van der Waals surface area contributed by atoms with E-state index in [-0.39, 0.29) is 11.5 Å². The average molecular weight is 267 g/mol. The molecule has 98 valence electrons. The molecule has 2 N–H and O–H groups in total. The molecule has 0 heterocycles. The van der Waals surface area contributed by atoms with Gasteiger partial charge in [-0.3, -0.25) is 4.79 Å². The molecule has 1 aromatic rings. The number of hydrogen-bond acceptors (Lipinski definition) is 3. The average Bonchev–Trinajstić information content (AvgIpc) is 2.30. The molecular weight excluding hydrogens is 250 g/mol. The lowest BCUT2D eigenvalue weighted by Gasteiger charge is -2.10. The molecule has 0 fully saturated rings. The van der Waals surface area contributed by atoms with E-state index >= 15 is 0 Å². The monoisotopic (exact) mass is 267 g/mol. The summed E-state index contributed by atoms with van der Waals surface area (Å²) in [5.41, 5.74) is 2.36. The fourth-order valence-corrected chi connectivity index (χ4v) is 1.96. The van der Waals surface area contributed by atoms with Crippen LogP contribution in [0.5, 0.6) is 0 Å². The lowest BCUT2D eigenvalue weighted by atomic mass is 10.0. The fourth-order valence-electron chi connectivity index (χ4n) is 1.57. The summed E-state index contributed by atoms with van der Waals surface area (Å²) in [5.74, 6) is -0.317. The Morgan fingerprint density at radius 2 is 2.00 bits per heavy atom. The maximum absolute atomic E-state index is 11.6. The van der Waals surface area contributed by atoms with E-state index in [0.29, 0.717) is 12.1 Å². The molecule has 0 saturated heterocycles. The number of amides is 1. The van der Waals surface area contributed by atoms with Crippen LogP contribution < -0.4 is 5.32 Å². The first-order valence-electron chi connectivity index (χ1n) is 5.59. The smallest absolute Gasteiger partial charge is 0.336 e. The zero-order valence-corrected chi connectivity index (χ0v) is 11.6. The third-order valence-corrected chi connectivity index (χ3v) is 3.33. The maximum Gasteiger partial charge on any atom is 0.336 e. The second-order valence-electron chi connectivity index (χ2n) is 4.06. The summed E-state index contributed by atoms with van der Waals surface area (Å²) in [5, 5.41) is 11.8. The summed E-state index contributed by atoms with van der Waals surface area (Å²) in [6.45, 7) is 3.59. The summed E-state index contributed by atoms with van der Waals surface area (Å²) >= 11 is 1.60. The highest BCUT2D eigenvalue weighted by molar-refractivity contribution is 7.98. The molecule has 0 spiro atoms. The van der Waals surface area contributed by atoms with Crippen LogP contribution in [0.4, 0.5) is 5.69 Å². The van der Waals surface area contributed by atoms with Crippen LogP contribution >= 0.6 is 11.8 Å². The molecule has 1 amide bonds. The number of rotatable bonds is 5. The molecule has 0 aliphatic carbocycles. The fraction of sp³-hybridized carbons (Fsp3) is 0.385. The third kappa shape index (κ3) is 3.77. The third-order valence-electron chi connectivity index (χ3n) is 2.71. The van der Waals surface area contributed by atoms with Gasteiger partial charge in [0.05, 0.1) is 5.56 Å². The van der Waals surface area contributed by atoms with Crippen molar-refractivity contribution in [1.29, 1.82) is 0 Å². The van der Waals surface area contributed by atoms with Crippen molar-refractivity contribution in [3.63, 3.8) is 0 Å². The van der Waals surface area contributed by atoms with Crippen molar-refractivity contribution in [1.82, 2.24) is 0 Å². The van der Waals surface area contributed by atoms with Gasteiger partial charge in [0.1, 0.15) is 0 Å². The molecule has 5 heteroatoms. The topological polar surface area (TPSA) is 66.4 Å². The van der Waals surface area contributed by atoms with Gasteiger partial charge < -0.3 is 10.4 Å². The van der Waals surface area contributed by atoms with Gasteiger partial charge in [0.2, 0.25) is 5.91 Å². The van der Waals surface area contributed by atoms with Gasteiger partial charge in [-0.15, -0.1) is 0 Å². The molecule has 1 aromatic carbocycles. The van der Waals surface area contributed by atoms with Gasteiger partial charge in [0.15, 0.2) is 0 Å². The summed E-state index contributed by atoms with van der Waals surface area (Å²) in [7, 11) is 0. The lowest BCUT2D eigenvalue weighted by molar-refractivity contribution is -0.115. The first-order chi connectivity index (χ1) is 8.45. The van der Waals surface area contributed by atoms with Crippen molar-refractivity contribution in [2.24, 2.45) is 0 Å². The Bertz CT molecular complexity index is 472. The number of benzene rings is 1. The number of hydrogen-bond donors (Lipinski definition) is 2. The number of nitrogens with one attached hydrogen (secondary N) is 1. The Balaban J connectivity index is 2.90. The van der Waals surface area contributed by atoms with Crippen molar-refractivity contribution in [2.75, 3.05) is 17.3 Å². The molecule has 0 aliphatic rings. The van der Waals surface area contributed by atoms with Gasteiger partial charge in [-0.05, 0) is 43.4 Å². The van der Waals surface area contributed by atoms with E-state index in [9.17, 15) is 9.59 Å². The summed E-state index contributed by atoms with van der Waals surface area (Å²) in [6.07, 6.45) is 2.36. The number of carboxylic acids is 1. The quantitative estimate of drug-likeness (QED) is 0.860. The number of aromatic carboxylic acids is 1. The van der Waals surface area contributed by atoms with E-state index in [0.717, 1.165) is 16.9 Å². The number of carboxylic acid groups (broad SMARTS) is 1. The zero-order chi connectivity index (χ0) is 13.7. The molecule has 0 aliphatic heterocycles. The Hall–Kier alpha value is -1.49. The molecular formula is C13H17NO3S. The second kappa shape index (κ2) is 6.44. The van der Waals surface area contributed by atoms with Gasteiger partial charge >= 0.3 is 5.97 Å². The highest BCUT2D eigenvalue weighted by Crippen LogP contribution is 2.20. The lowest BCUT2D eigenvalue weighted by Crippen LogP contribution is -2.13. The minimum Gasteiger partial charge on any atom is -0.478 e. The first-order valence-corrected chi connectivity index (χ1v) is 6.98. The minimum absolute atomic E-state index is 0.0936. The maximum atomic E-state index is 11.6. The van der Waals surface area contributed by atoms with E-state index < -0.39 is 5.97 Å². The van der Waals surface area contributed by atoms with E-state index in [1.165, 1.54) is 6.07 Å². The van der Waals surface area contributed by atoms with Crippen molar-refractivity contribution >= 4 is 29.3 Å². The van der Waals surface area contributed by atoms with Crippen molar-refractivity contribution in [3.05, 3.63) is 28.8 Å². The van der Waals surface area contributed by atoms with E-state index in [4.69, 9.17) is 5.11 Å². The number of carbonyl (C=O) groups excluding carboxylic acids is 1. The predicted octanol–water partition coefficient (Wildman–Crippen LogP) is 2.69. The normalized spacial score (nSPS) is 10.2. The summed E-state index contributed by atoms with van der Waals surface area (Å²) < 4.78 is 0. The van der Waals surface area contributed by atoms with E-state index in [1.54, 1.807) is 24.8 Å². The van der Waals surface area contributed by atoms with E-state index in [2.05, 4.69) is 5.32 Å². The molecule has 0 atom stereocenters. The van der Waals surface area contributed by atoms with Crippen LogP contribution in [0.25, 0.3) is 0 Å². The van der Waals surface area contributed by atoms with Gasteiger partial charge in [-0.25, -0.2) is 4.79 Å². The summed E-state index contributed by atoms with van der Waals surface area (Å²) in [4.78, 5) is 22.6. The highest BCUT2D eigenvalue weighted by Gasteiger charge is 2.12. The molecule has 1 rings (SSSR count). The Kier molecular flexibility index (Phi) is 5.22. The van der Waals surface area contributed by atoms with Crippen LogP contribution in [0.15, 0.2) is 12.1 Å². The number of anilines is 1. The standard InChI is InChI=1S/C13H17NO3S/c1-8-6-10(14-12(15)4-5-18-3)7-11(9(8)2)13(16)17/h6-7H,4-5H2,1-3H3,(H,14,15)(H,16,17). The molecule has 0 unspecified atom stereocenters. The van der Waals surface area contributed by atoms with Crippen molar-refractivity contribution in [2.45, 2.75) is 20.3 Å². The van der Waals surface area contributed by atoms with Crippen LogP contribution in [-0.2, 0) is 4.79 Å². The SMILES string of the molecule is CSCCC(=O)Nc1cc(C)c(C)c(C(=O)O)c1. The van der Waals surface area contributed by atoms with Crippen LogP contribution in [0, 0.1) is 13.8 Å².